The fraction of sp³-hybridized carbons (Fsp3) is 0.727. The van der Waals surface area contributed by atoms with Crippen LogP contribution < -0.4 is 5.32 Å². The minimum atomic E-state index is 0.239. The Balaban J connectivity index is 2.37. The molecular weight excluding hydrogens is 208 g/mol. The summed E-state index contributed by atoms with van der Waals surface area (Å²) in [6, 6.07) is 0.346. The first kappa shape index (κ1) is 12.6. The lowest BCUT2D eigenvalue weighted by molar-refractivity contribution is 0.268. The maximum Gasteiger partial charge on any atom is 0.0954 e. The largest absolute Gasteiger partial charge is 0.396 e. The highest BCUT2D eigenvalue weighted by Crippen LogP contribution is 2.18. The van der Waals surface area contributed by atoms with E-state index in [9.17, 15) is 0 Å². The van der Waals surface area contributed by atoms with Crippen LogP contribution in [0.1, 0.15) is 43.8 Å². The Hall–Kier alpha value is -0.450. The van der Waals surface area contributed by atoms with Crippen molar-refractivity contribution in [3.05, 3.63) is 16.1 Å². The van der Waals surface area contributed by atoms with Crippen LogP contribution in [-0.2, 0) is 6.54 Å². The molecule has 2 N–H and O–H groups in total. The van der Waals surface area contributed by atoms with Crippen molar-refractivity contribution >= 4 is 11.3 Å². The molecule has 15 heavy (non-hydrogen) atoms. The van der Waals surface area contributed by atoms with Gasteiger partial charge in [0.15, 0.2) is 0 Å². The number of hydrogen-bond acceptors (Lipinski definition) is 4. The molecule has 0 aliphatic heterocycles. The van der Waals surface area contributed by atoms with E-state index in [2.05, 4.69) is 36.5 Å². The molecule has 0 saturated carbocycles. The summed E-state index contributed by atoms with van der Waals surface area (Å²) in [5, 5.41) is 15.4. The van der Waals surface area contributed by atoms with Gasteiger partial charge in [-0.3, -0.25) is 0 Å². The number of hydrogen-bond donors (Lipinski definition) is 2. The molecule has 1 atom stereocenters. The third-order valence-corrected chi connectivity index (χ3v) is 3.45. The maximum atomic E-state index is 8.76. The molecule has 0 amide bonds. The van der Waals surface area contributed by atoms with Crippen molar-refractivity contribution in [1.82, 2.24) is 10.3 Å². The molecule has 0 saturated heterocycles. The Labute approximate surface area is 95.6 Å². The monoisotopic (exact) mass is 228 g/mol. The lowest BCUT2D eigenvalue weighted by atomic mass is 10.2. The first-order chi connectivity index (χ1) is 7.13. The molecular formula is C11H20N2OS. The molecule has 4 heteroatoms. The van der Waals surface area contributed by atoms with Crippen molar-refractivity contribution in [2.45, 2.75) is 45.7 Å². The molecule has 3 nitrogen and oxygen atoms in total. The molecule has 1 heterocycles. The van der Waals surface area contributed by atoms with Crippen LogP contribution in [0.15, 0.2) is 5.38 Å². The molecule has 0 aliphatic carbocycles. The summed E-state index contributed by atoms with van der Waals surface area (Å²) < 4.78 is 0. The topological polar surface area (TPSA) is 45.2 Å². The van der Waals surface area contributed by atoms with Gasteiger partial charge in [-0.1, -0.05) is 13.8 Å². The van der Waals surface area contributed by atoms with E-state index in [4.69, 9.17) is 5.11 Å². The predicted molar refractivity (Wildman–Crippen MR) is 64.2 cm³/mol. The van der Waals surface area contributed by atoms with Crippen molar-refractivity contribution in [2.75, 3.05) is 6.61 Å². The van der Waals surface area contributed by atoms with Crippen LogP contribution in [-0.4, -0.2) is 22.7 Å². The van der Waals surface area contributed by atoms with E-state index in [1.165, 1.54) is 5.01 Å². The number of aromatic nitrogens is 1. The average Bonchev–Trinajstić information content (AvgIpc) is 2.63. The fourth-order valence-corrected chi connectivity index (χ4v) is 2.08. The second kappa shape index (κ2) is 6.20. The van der Waals surface area contributed by atoms with E-state index in [1.807, 2.05) is 0 Å². The standard InChI is InChI=1S/C11H20N2OS/c1-8(2)11-13-10(7-15-11)6-12-9(3)4-5-14/h7-9,12,14H,4-6H2,1-3H3/t9-/m1/s1. The van der Waals surface area contributed by atoms with Gasteiger partial charge in [0, 0.05) is 30.5 Å². The van der Waals surface area contributed by atoms with Crippen molar-refractivity contribution in [3.63, 3.8) is 0 Å². The number of aliphatic hydroxyl groups is 1. The quantitative estimate of drug-likeness (QED) is 0.784. The lowest BCUT2D eigenvalue weighted by Gasteiger charge is -2.10. The van der Waals surface area contributed by atoms with Crippen LogP contribution in [0.4, 0.5) is 0 Å². The summed E-state index contributed by atoms with van der Waals surface area (Å²) in [5.41, 5.74) is 1.11. The second-order valence-electron chi connectivity index (χ2n) is 4.13. The average molecular weight is 228 g/mol. The highest BCUT2D eigenvalue weighted by Gasteiger charge is 2.06. The van der Waals surface area contributed by atoms with Gasteiger partial charge in [0.05, 0.1) is 10.7 Å². The Bertz CT molecular complexity index is 286. The number of aliphatic hydroxyl groups excluding tert-OH is 1. The molecule has 86 valence electrons. The molecule has 0 bridgehead atoms. The molecule has 0 spiro atoms. The van der Waals surface area contributed by atoms with Crippen molar-refractivity contribution < 1.29 is 5.11 Å². The highest BCUT2D eigenvalue weighted by atomic mass is 32.1. The molecule has 1 aromatic heterocycles. The third-order valence-electron chi connectivity index (χ3n) is 2.26. The summed E-state index contributed by atoms with van der Waals surface area (Å²) in [6.07, 6.45) is 0.793. The van der Waals surface area contributed by atoms with Crippen molar-refractivity contribution in [3.8, 4) is 0 Å². The third kappa shape index (κ3) is 4.28. The van der Waals surface area contributed by atoms with Gasteiger partial charge < -0.3 is 10.4 Å². The van der Waals surface area contributed by atoms with E-state index in [-0.39, 0.29) is 6.61 Å². The smallest absolute Gasteiger partial charge is 0.0954 e. The lowest BCUT2D eigenvalue weighted by Crippen LogP contribution is -2.26. The summed E-state index contributed by atoms with van der Waals surface area (Å²) in [7, 11) is 0. The molecule has 0 unspecified atom stereocenters. The zero-order chi connectivity index (χ0) is 11.3. The summed E-state index contributed by atoms with van der Waals surface area (Å²) in [5.74, 6) is 0.513. The van der Waals surface area contributed by atoms with Gasteiger partial charge in [-0.25, -0.2) is 4.98 Å². The van der Waals surface area contributed by atoms with Crippen LogP contribution in [0, 0.1) is 0 Å². The molecule has 0 aromatic carbocycles. The molecule has 1 rings (SSSR count). The van der Waals surface area contributed by atoms with Gasteiger partial charge in [0.2, 0.25) is 0 Å². The van der Waals surface area contributed by atoms with Gasteiger partial charge >= 0.3 is 0 Å². The number of nitrogens with zero attached hydrogens (tertiary/aromatic N) is 1. The predicted octanol–water partition coefficient (Wildman–Crippen LogP) is 2.13. The molecule has 1 aromatic rings. The Kier molecular flexibility index (Phi) is 5.22. The second-order valence-corrected chi connectivity index (χ2v) is 5.02. The van der Waals surface area contributed by atoms with E-state index in [1.54, 1.807) is 11.3 Å². The van der Waals surface area contributed by atoms with Gasteiger partial charge in [0.25, 0.3) is 0 Å². The molecule has 0 aliphatic rings. The minimum Gasteiger partial charge on any atom is -0.396 e. The summed E-state index contributed by atoms with van der Waals surface area (Å²) in [4.78, 5) is 4.54. The van der Waals surface area contributed by atoms with Crippen molar-refractivity contribution in [2.24, 2.45) is 0 Å². The van der Waals surface area contributed by atoms with Gasteiger partial charge in [-0.05, 0) is 13.3 Å². The van der Waals surface area contributed by atoms with E-state index >= 15 is 0 Å². The zero-order valence-corrected chi connectivity index (χ0v) is 10.5. The normalized spacial score (nSPS) is 13.4. The highest BCUT2D eigenvalue weighted by molar-refractivity contribution is 7.09. The minimum absolute atomic E-state index is 0.239. The molecule has 0 radical (unpaired) electrons. The fourth-order valence-electron chi connectivity index (χ4n) is 1.24. The number of rotatable bonds is 6. The summed E-state index contributed by atoms with van der Waals surface area (Å²) >= 11 is 1.72. The van der Waals surface area contributed by atoms with Crippen LogP contribution in [0.3, 0.4) is 0 Å². The Morgan fingerprint density at radius 3 is 2.73 bits per heavy atom. The zero-order valence-electron chi connectivity index (χ0n) is 9.66. The van der Waals surface area contributed by atoms with Crippen LogP contribution >= 0.6 is 11.3 Å². The Morgan fingerprint density at radius 2 is 2.20 bits per heavy atom. The van der Waals surface area contributed by atoms with Crippen LogP contribution in [0.25, 0.3) is 0 Å². The van der Waals surface area contributed by atoms with E-state index in [0.717, 1.165) is 18.7 Å². The van der Waals surface area contributed by atoms with Crippen molar-refractivity contribution in [1.29, 1.82) is 0 Å². The SMILES string of the molecule is CC(C)c1nc(CN[C@H](C)CCO)cs1. The number of thiazole rings is 1. The first-order valence-corrected chi connectivity index (χ1v) is 6.30. The summed E-state index contributed by atoms with van der Waals surface area (Å²) in [6.45, 7) is 7.42. The van der Waals surface area contributed by atoms with E-state index < -0.39 is 0 Å². The van der Waals surface area contributed by atoms with Crippen LogP contribution in [0.5, 0.6) is 0 Å². The van der Waals surface area contributed by atoms with Gasteiger partial charge in [-0.15, -0.1) is 11.3 Å². The number of nitrogens with one attached hydrogen (secondary N) is 1. The maximum absolute atomic E-state index is 8.76. The Morgan fingerprint density at radius 1 is 1.47 bits per heavy atom. The van der Waals surface area contributed by atoms with Crippen LogP contribution in [0.2, 0.25) is 0 Å². The molecule has 0 fully saturated rings. The van der Waals surface area contributed by atoms with Gasteiger partial charge in [0.1, 0.15) is 0 Å². The van der Waals surface area contributed by atoms with Gasteiger partial charge in [-0.2, -0.15) is 0 Å². The first-order valence-electron chi connectivity index (χ1n) is 5.42. The van der Waals surface area contributed by atoms with E-state index in [0.29, 0.717) is 12.0 Å².